The van der Waals surface area contributed by atoms with Crippen molar-refractivity contribution in [3.63, 3.8) is 0 Å². The molecule has 94 valence electrons. The van der Waals surface area contributed by atoms with Crippen LogP contribution in [0.1, 0.15) is 33.6 Å². The van der Waals surface area contributed by atoms with Gasteiger partial charge in [0.05, 0.1) is 18.1 Å². The van der Waals surface area contributed by atoms with Crippen molar-refractivity contribution in [1.82, 2.24) is 5.32 Å². The second kappa shape index (κ2) is 6.21. The first-order chi connectivity index (χ1) is 7.54. The number of nitrogens with one attached hydrogen (secondary N) is 1. The maximum absolute atomic E-state index is 11.9. The van der Waals surface area contributed by atoms with Crippen molar-refractivity contribution in [2.75, 3.05) is 26.3 Å². The summed E-state index contributed by atoms with van der Waals surface area (Å²) in [5.41, 5.74) is -0.302. The van der Waals surface area contributed by atoms with E-state index in [2.05, 4.69) is 5.32 Å². The van der Waals surface area contributed by atoms with Crippen LogP contribution in [0.5, 0.6) is 0 Å². The third-order valence-corrected chi connectivity index (χ3v) is 2.97. The Morgan fingerprint density at radius 3 is 2.50 bits per heavy atom. The standard InChI is InChI=1S/C12H23NO3/c1-10(2)15-8-9-16-11(14)12(3)4-6-13-7-5-12/h10,13H,4-9H2,1-3H3. The lowest BCUT2D eigenvalue weighted by Gasteiger charge is -2.31. The molecule has 4 nitrogen and oxygen atoms in total. The number of carbonyl (C=O) groups excluding carboxylic acids is 1. The van der Waals surface area contributed by atoms with Crippen LogP contribution in [-0.4, -0.2) is 38.4 Å². The van der Waals surface area contributed by atoms with Crippen LogP contribution >= 0.6 is 0 Å². The number of esters is 1. The molecule has 0 amide bonds. The predicted molar refractivity (Wildman–Crippen MR) is 62.3 cm³/mol. The molecule has 1 aliphatic rings. The summed E-state index contributed by atoms with van der Waals surface area (Å²) >= 11 is 0. The Labute approximate surface area is 97.7 Å². The van der Waals surface area contributed by atoms with Crippen molar-refractivity contribution in [1.29, 1.82) is 0 Å². The van der Waals surface area contributed by atoms with Gasteiger partial charge in [-0.1, -0.05) is 0 Å². The summed E-state index contributed by atoms with van der Waals surface area (Å²) in [7, 11) is 0. The van der Waals surface area contributed by atoms with Gasteiger partial charge in [0.2, 0.25) is 0 Å². The summed E-state index contributed by atoms with van der Waals surface area (Å²) in [4.78, 5) is 11.9. The number of piperidine rings is 1. The number of ether oxygens (including phenoxy) is 2. The molecule has 0 atom stereocenters. The molecule has 1 aliphatic heterocycles. The number of hydrogen-bond donors (Lipinski definition) is 1. The van der Waals surface area contributed by atoms with E-state index < -0.39 is 0 Å². The van der Waals surface area contributed by atoms with Crippen molar-refractivity contribution in [2.24, 2.45) is 5.41 Å². The fourth-order valence-electron chi connectivity index (χ4n) is 1.78. The van der Waals surface area contributed by atoms with Gasteiger partial charge in [0.1, 0.15) is 6.61 Å². The van der Waals surface area contributed by atoms with Crippen LogP contribution in [-0.2, 0) is 14.3 Å². The molecule has 1 N–H and O–H groups in total. The molecule has 1 fully saturated rings. The monoisotopic (exact) mass is 229 g/mol. The molecule has 0 unspecified atom stereocenters. The van der Waals surface area contributed by atoms with Gasteiger partial charge in [-0.3, -0.25) is 4.79 Å². The highest BCUT2D eigenvalue weighted by molar-refractivity contribution is 5.76. The average Bonchev–Trinajstić information content (AvgIpc) is 2.25. The zero-order chi connectivity index (χ0) is 12.0. The zero-order valence-electron chi connectivity index (χ0n) is 10.5. The lowest BCUT2D eigenvalue weighted by molar-refractivity contribution is -0.158. The predicted octanol–water partition coefficient (Wildman–Crippen LogP) is 1.34. The average molecular weight is 229 g/mol. The Morgan fingerprint density at radius 1 is 1.31 bits per heavy atom. The van der Waals surface area contributed by atoms with E-state index in [-0.39, 0.29) is 17.5 Å². The maximum Gasteiger partial charge on any atom is 0.311 e. The molecule has 4 heteroatoms. The molecule has 1 rings (SSSR count). The van der Waals surface area contributed by atoms with Gasteiger partial charge in [-0.15, -0.1) is 0 Å². The van der Waals surface area contributed by atoms with Crippen LogP contribution in [0.2, 0.25) is 0 Å². The topological polar surface area (TPSA) is 47.6 Å². The normalized spacial score (nSPS) is 19.8. The lowest BCUT2D eigenvalue weighted by atomic mass is 9.81. The van der Waals surface area contributed by atoms with Gasteiger partial charge in [0, 0.05) is 0 Å². The molecule has 1 heterocycles. The van der Waals surface area contributed by atoms with E-state index in [4.69, 9.17) is 9.47 Å². The molecule has 0 radical (unpaired) electrons. The Hall–Kier alpha value is -0.610. The summed E-state index contributed by atoms with van der Waals surface area (Å²) in [6.45, 7) is 8.56. The van der Waals surface area contributed by atoms with Crippen LogP contribution in [0.4, 0.5) is 0 Å². The zero-order valence-corrected chi connectivity index (χ0v) is 10.5. The van der Waals surface area contributed by atoms with Gasteiger partial charge in [-0.25, -0.2) is 0 Å². The van der Waals surface area contributed by atoms with Crippen LogP contribution in [0, 0.1) is 5.41 Å². The number of rotatable bonds is 5. The Balaban J connectivity index is 2.23. The van der Waals surface area contributed by atoms with Gasteiger partial charge < -0.3 is 14.8 Å². The largest absolute Gasteiger partial charge is 0.463 e. The maximum atomic E-state index is 11.9. The minimum Gasteiger partial charge on any atom is -0.463 e. The molecule has 0 aromatic rings. The van der Waals surface area contributed by atoms with Crippen LogP contribution in [0.25, 0.3) is 0 Å². The van der Waals surface area contributed by atoms with E-state index in [0.29, 0.717) is 13.2 Å². The second-order valence-electron chi connectivity index (χ2n) is 4.87. The fraction of sp³-hybridized carbons (Fsp3) is 0.917. The molecule has 0 aromatic heterocycles. The first-order valence-corrected chi connectivity index (χ1v) is 6.04. The van der Waals surface area contributed by atoms with Gasteiger partial charge >= 0.3 is 5.97 Å². The van der Waals surface area contributed by atoms with Crippen molar-refractivity contribution in [3.05, 3.63) is 0 Å². The molecule has 16 heavy (non-hydrogen) atoms. The van der Waals surface area contributed by atoms with Gasteiger partial charge in [0.25, 0.3) is 0 Å². The molecule has 1 saturated heterocycles. The summed E-state index contributed by atoms with van der Waals surface area (Å²) in [6, 6.07) is 0. The minimum atomic E-state index is -0.302. The van der Waals surface area contributed by atoms with Crippen molar-refractivity contribution >= 4 is 5.97 Å². The molecular formula is C12H23NO3. The second-order valence-corrected chi connectivity index (χ2v) is 4.87. The molecule has 0 saturated carbocycles. The first kappa shape index (κ1) is 13.5. The summed E-state index contributed by atoms with van der Waals surface area (Å²) in [5, 5.41) is 3.24. The van der Waals surface area contributed by atoms with E-state index in [1.807, 2.05) is 20.8 Å². The lowest BCUT2D eigenvalue weighted by Crippen LogP contribution is -2.41. The summed E-state index contributed by atoms with van der Waals surface area (Å²) in [5.74, 6) is -0.0821. The number of carbonyl (C=O) groups is 1. The third kappa shape index (κ3) is 4.10. The van der Waals surface area contributed by atoms with E-state index >= 15 is 0 Å². The van der Waals surface area contributed by atoms with Crippen LogP contribution in [0.3, 0.4) is 0 Å². The Morgan fingerprint density at radius 2 is 1.94 bits per heavy atom. The fourth-order valence-corrected chi connectivity index (χ4v) is 1.78. The molecule has 0 bridgehead atoms. The van der Waals surface area contributed by atoms with E-state index in [9.17, 15) is 4.79 Å². The van der Waals surface area contributed by atoms with Crippen LogP contribution < -0.4 is 5.32 Å². The number of hydrogen-bond acceptors (Lipinski definition) is 4. The third-order valence-electron chi connectivity index (χ3n) is 2.97. The SMILES string of the molecule is CC(C)OCCOC(=O)C1(C)CCNCC1. The van der Waals surface area contributed by atoms with Crippen molar-refractivity contribution in [3.8, 4) is 0 Å². The van der Waals surface area contributed by atoms with E-state index in [1.165, 1.54) is 0 Å². The molecule has 0 aliphatic carbocycles. The molecule has 0 aromatic carbocycles. The van der Waals surface area contributed by atoms with E-state index in [1.54, 1.807) is 0 Å². The van der Waals surface area contributed by atoms with Crippen molar-refractivity contribution < 1.29 is 14.3 Å². The van der Waals surface area contributed by atoms with Crippen molar-refractivity contribution in [2.45, 2.75) is 39.7 Å². The minimum absolute atomic E-state index is 0.0821. The highest BCUT2D eigenvalue weighted by Gasteiger charge is 2.35. The Kier molecular flexibility index (Phi) is 5.22. The first-order valence-electron chi connectivity index (χ1n) is 6.04. The highest BCUT2D eigenvalue weighted by atomic mass is 16.6. The van der Waals surface area contributed by atoms with Crippen LogP contribution in [0.15, 0.2) is 0 Å². The summed E-state index contributed by atoms with van der Waals surface area (Å²) in [6.07, 6.45) is 1.90. The quantitative estimate of drug-likeness (QED) is 0.571. The van der Waals surface area contributed by atoms with Gasteiger partial charge in [0.15, 0.2) is 0 Å². The smallest absolute Gasteiger partial charge is 0.311 e. The van der Waals surface area contributed by atoms with Gasteiger partial charge in [-0.05, 0) is 46.7 Å². The molecule has 0 spiro atoms. The van der Waals surface area contributed by atoms with Gasteiger partial charge in [-0.2, -0.15) is 0 Å². The highest BCUT2D eigenvalue weighted by Crippen LogP contribution is 2.29. The molecular weight excluding hydrogens is 206 g/mol. The Bertz CT molecular complexity index is 222. The summed E-state index contributed by atoms with van der Waals surface area (Å²) < 4.78 is 10.6. The van der Waals surface area contributed by atoms with E-state index in [0.717, 1.165) is 25.9 Å².